The van der Waals surface area contributed by atoms with E-state index in [1.54, 1.807) is 6.07 Å². The maximum Gasteiger partial charge on any atom is 0.338 e. The molecule has 0 spiro atoms. The monoisotopic (exact) mass is 378 g/mol. The van der Waals surface area contributed by atoms with Crippen molar-refractivity contribution in [2.24, 2.45) is 0 Å². The highest BCUT2D eigenvalue weighted by Crippen LogP contribution is 2.23. The van der Waals surface area contributed by atoms with Crippen LogP contribution in [0.25, 0.3) is 10.8 Å². The lowest BCUT2D eigenvalue weighted by atomic mass is 10.1. The molecule has 0 heterocycles. The van der Waals surface area contributed by atoms with Gasteiger partial charge < -0.3 is 10.1 Å². The van der Waals surface area contributed by atoms with Crippen LogP contribution in [0.4, 0.5) is 11.4 Å². The number of benzene rings is 3. The first kappa shape index (κ1) is 19.0. The number of nitro groups is 1. The number of amides is 1. The molecule has 0 saturated heterocycles. The van der Waals surface area contributed by atoms with Gasteiger partial charge in [0, 0.05) is 22.7 Å². The second-order valence-electron chi connectivity index (χ2n) is 6.32. The standard InChI is InChI=1S/C21H18N2O5/c1-13-12-16(10-11-19(13)23(26)27)21(25)28-14(2)20(24)22-18-9-5-7-15-6-3-4-8-17(15)18/h3-12,14H,1-2H3,(H,22,24). The van der Waals surface area contributed by atoms with Crippen LogP contribution in [0.5, 0.6) is 0 Å². The summed E-state index contributed by atoms with van der Waals surface area (Å²) in [5, 5.41) is 15.5. The molecule has 7 nitrogen and oxygen atoms in total. The van der Waals surface area contributed by atoms with Gasteiger partial charge in [0.05, 0.1) is 10.5 Å². The molecule has 1 amide bonds. The number of nitro benzene ring substituents is 1. The smallest absolute Gasteiger partial charge is 0.338 e. The van der Waals surface area contributed by atoms with Gasteiger partial charge in [-0.1, -0.05) is 36.4 Å². The van der Waals surface area contributed by atoms with E-state index in [2.05, 4.69) is 5.32 Å². The van der Waals surface area contributed by atoms with Crippen molar-refractivity contribution in [1.82, 2.24) is 0 Å². The van der Waals surface area contributed by atoms with Crippen molar-refractivity contribution in [1.29, 1.82) is 0 Å². The van der Waals surface area contributed by atoms with E-state index < -0.39 is 22.9 Å². The molecule has 3 aromatic carbocycles. The van der Waals surface area contributed by atoms with Crippen LogP contribution < -0.4 is 5.32 Å². The number of rotatable bonds is 5. The largest absolute Gasteiger partial charge is 0.449 e. The Labute approximate surface area is 161 Å². The summed E-state index contributed by atoms with van der Waals surface area (Å²) in [6, 6.07) is 17.1. The van der Waals surface area contributed by atoms with Crippen molar-refractivity contribution >= 4 is 34.0 Å². The van der Waals surface area contributed by atoms with Gasteiger partial charge >= 0.3 is 5.97 Å². The van der Waals surface area contributed by atoms with Gasteiger partial charge in [-0.2, -0.15) is 0 Å². The molecule has 0 fully saturated rings. The lowest BCUT2D eigenvalue weighted by Crippen LogP contribution is -2.30. The summed E-state index contributed by atoms with van der Waals surface area (Å²) < 4.78 is 5.22. The van der Waals surface area contributed by atoms with Gasteiger partial charge in [-0.25, -0.2) is 4.79 Å². The maximum absolute atomic E-state index is 12.5. The van der Waals surface area contributed by atoms with Crippen LogP contribution in [0, 0.1) is 17.0 Å². The maximum atomic E-state index is 12.5. The molecule has 0 aliphatic heterocycles. The molecule has 28 heavy (non-hydrogen) atoms. The van der Waals surface area contributed by atoms with E-state index in [0.717, 1.165) is 10.8 Å². The van der Waals surface area contributed by atoms with E-state index in [9.17, 15) is 19.7 Å². The molecule has 1 N–H and O–H groups in total. The second kappa shape index (κ2) is 7.87. The lowest BCUT2D eigenvalue weighted by Gasteiger charge is -2.15. The fourth-order valence-corrected chi connectivity index (χ4v) is 2.84. The SMILES string of the molecule is Cc1cc(C(=O)OC(C)C(=O)Nc2cccc3ccccc23)ccc1[N+](=O)[O-]. The van der Waals surface area contributed by atoms with Gasteiger partial charge in [-0.15, -0.1) is 0 Å². The van der Waals surface area contributed by atoms with Crippen molar-refractivity contribution in [2.75, 3.05) is 5.32 Å². The molecule has 0 saturated carbocycles. The molecule has 1 unspecified atom stereocenters. The number of nitrogens with one attached hydrogen (secondary N) is 1. The molecule has 0 radical (unpaired) electrons. The normalized spacial score (nSPS) is 11.6. The number of aryl methyl sites for hydroxylation is 1. The first-order valence-corrected chi connectivity index (χ1v) is 8.61. The number of hydrogen-bond donors (Lipinski definition) is 1. The predicted molar refractivity (Wildman–Crippen MR) is 105 cm³/mol. The fourth-order valence-electron chi connectivity index (χ4n) is 2.84. The summed E-state index contributed by atoms with van der Waals surface area (Å²) >= 11 is 0. The van der Waals surface area contributed by atoms with Crippen LogP contribution in [0.3, 0.4) is 0 Å². The van der Waals surface area contributed by atoms with Gasteiger partial charge in [0.2, 0.25) is 0 Å². The molecule has 0 aliphatic rings. The van der Waals surface area contributed by atoms with Crippen LogP contribution in [0.2, 0.25) is 0 Å². The number of esters is 1. The fraction of sp³-hybridized carbons (Fsp3) is 0.143. The highest BCUT2D eigenvalue weighted by molar-refractivity contribution is 6.04. The molecule has 7 heteroatoms. The minimum absolute atomic E-state index is 0.0849. The Kier molecular flexibility index (Phi) is 5.35. The first-order chi connectivity index (χ1) is 13.4. The van der Waals surface area contributed by atoms with Crippen LogP contribution in [-0.4, -0.2) is 22.9 Å². The molecule has 0 aliphatic carbocycles. The summed E-state index contributed by atoms with van der Waals surface area (Å²) in [6.45, 7) is 3.00. The average molecular weight is 378 g/mol. The molecular formula is C21H18N2O5. The van der Waals surface area contributed by atoms with Crippen LogP contribution >= 0.6 is 0 Å². The zero-order valence-electron chi connectivity index (χ0n) is 15.3. The average Bonchev–Trinajstić information content (AvgIpc) is 2.67. The molecule has 3 aromatic rings. The van der Waals surface area contributed by atoms with E-state index in [1.807, 2.05) is 36.4 Å². The van der Waals surface area contributed by atoms with E-state index in [-0.39, 0.29) is 11.3 Å². The van der Waals surface area contributed by atoms with Crippen molar-refractivity contribution in [3.8, 4) is 0 Å². The molecule has 3 rings (SSSR count). The zero-order chi connectivity index (χ0) is 20.3. The Morgan fingerprint density at radius 1 is 1.07 bits per heavy atom. The highest BCUT2D eigenvalue weighted by atomic mass is 16.6. The number of carbonyl (C=O) groups excluding carboxylic acids is 2. The van der Waals surface area contributed by atoms with Crippen molar-refractivity contribution < 1.29 is 19.2 Å². The predicted octanol–water partition coefficient (Wildman–Crippen LogP) is 4.24. The minimum Gasteiger partial charge on any atom is -0.449 e. The van der Waals surface area contributed by atoms with Crippen molar-refractivity contribution in [2.45, 2.75) is 20.0 Å². The van der Waals surface area contributed by atoms with E-state index >= 15 is 0 Å². The number of ether oxygens (including phenoxy) is 1. The third kappa shape index (κ3) is 3.98. The summed E-state index contributed by atoms with van der Waals surface area (Å²) in [7, 11) is 0. The minimum atomic E-state index is -1.04. The van der Waals surface area contributed by atoms with Crippen LogP contribution in [-0.2, 0) is 9.53 Å². The Hall–Kier alpha value is -3.74. The summed E-state index contributed by atoms with van der Waals surface area (Å²) in [5.41, 5.74) is 1.02. The third-order valence-electron chi connectivity index (χ3n) is 4.33. The lowest BCUT2D eigenvalue weighted by molar-refractivity contribution is -0.385. The van der Waals surface area contributed by atoms with E-state index in [0.29, 0.717) is 11.3 Å². The van der Waals surface area contributed by atoms with Gasteiger partial charge in [-0.3, -0.25) is 14.9 Å². The molecule has 1 atom stereocenters. The summed E-state index contributed by atoms with van der Waals surface area (Å²) in [5.74, 6) is -1.19. The molecule has 0 bridgehead atoms. The molecular weight excluding hydrogens is 360 g/mol. The summed E-state index contributed by atoms with van der Waals surface area (Å²) in [6.07, 6.45) is -1.04. The number of fused-ring (bicyclic) bond motifs is 1. The molecule has 142 valence electrons. The Morgan fingerprint density at radius 2 is 1.79 bits per heavy atom. The number of nitrogens with zero attached hydrogens (tertiary/aromatic N) is 1. The Balaban J connectivity index is 1.71. The summed E-state index contributed by atoms with van der Waals surface area (Å²) in [4.78, 5) is 35.1. The van der Waals surface area contributed by atoms with Crippen LogP contribution in [0.1, 0.15) is 22.8 Å². The Bertz CT molecular complexity index is 1070. The van der Waals surface area contributed by atoms with Gasteiger partial charge in [0.1, 0.15) is 0 Å². The number of anilines is 1. The van der Waals surface area contributed by atoms with Crippen molar-refractivity contribution in [3.63, 3.8) is 0 Å². The zero-order valence-corrected chi connectivity index (χ0v) is 15.3. The van der Waals surface area contributed by atoms with Gasteiger partial charge in [-0.05, 0) is 37.4 Å². The quantitative estimate of drug-likeness (QED) is 0.407. The Morgan fingerprint density at radius 3 is 2.50 bits per heavy atom. The van der Waals surface area contributed by atoms with Crippen LogP contribution in [0.15, 0.2) is 60.7 Å². The second-order valence-corrected chi connectivity index (χ2v) is 6.32. The first-order valence-electron chi connectivity index (χ1n) is 8.61. The van der Waals surface area contributed by atoms with Gasteiger partial charge in [0.25, 0.3) is 11.6 Å². The van der Waals surface area contributed by atoms with Crippen molar-refractivity contribution in [3.05, 3.63) is 81.9 Å². The molecule has 0 aromatic heterocycles. The van der Waals surface area contributed by atoms with E-state index in [1.165, 1.54) is 32.0 Å². The topological polar surface area (TPSA) is 98.5 Å². The number of carbonyl (C=O) groups is 2. The third-order valence-corrected chi connectivity index (χ3v) is 4.33. The van der Waals surface area contributed by atoms with Gasteiger partial charge in [0.15, 0.2) is 6.10 Å². The number of hydrogen-bond acceptors (Lipinski definition) is 5. The highest BCUT2D eigenvalue weighted by Gasteiger charge is 2.21. The van der Waals surface area contributed by atoms with E-state index in [4.69, 9.17) is 4.74 Å².